The SMILES string of the molecule is ClC1=CSC2=C3C=CC=C4CC=C(COCCN5CCCCC5)SC4=C3CC2=C1. The highest BCUT2D eigenvalue weighted by atomic mass is 35.5. The van der Waals surface area contributed by atoms with E-state index in [2.05, 4.69) is 35.3 Å². The van der Waals surface area contributed by atoms with Crippen molar-refractivity contribution in [2.75, 3.05) is 32.8 Å². The van der Waals surface area contributed by atoms with Crippen molar-refractivity contribution in [2.45, 2.75) is 32.1 Å². The molecule has 0 bridgehead atoms. The molecule has 0 aromatic rings. The number of ether oxygens (including phenoxy) is 1. The molecule has 2 nitrogen and oxygen atoms in total. The van der Waals surface area contributed by atoms with E-state index in [1.807, 2.05) is 17.2 Å². The van der Waals surface area contributed by atoms with Gasteiger partial charge in [-0.3, -0.25) is 0 Å². The van der Waals surface area contributed by atoms with E-state index < -0.39 is 0 Å². The second-order valence-electron chi connectivity index (χ2n) is 8.00. The molecule has 0 unspecified atom stereocenters. The van der Waals surface area contributed by atoms with E-state index in [0.29, 0.717) is 0 Å². The van der Waals surface area contributed by atoms with Crippen molar-refractivity contribution in [1.82, 2.24) is 4.90 Å². The van der Waals surface area contributed by atoms with Crippen LogP contribution >= 0.6 is 35.1 Å². The average molecular weight is 444 g/mol. The van der Waals surface area contributed by atoms with Gasteiger partial charge < -0.3 is 9.64 Å². The first kappa shape index (κ1) is 20.0. The van der Waals surface area contributed by atoms with Gasteiger partial charge in [0.25, 0.3) is 0 Å². The number of hydrogen-bond acceptors (Lipinski definition) is 4. The maximum absolute atomic E-state index is 6.26. The third-order valence-corrected chi connectivity index (χ3v) is 8.68. The number of thioether (sulfide) groups is 2. The molecule has 1 saturated heterocycles. The molecule has 2 aliphatic carbocycles. The second kappa shape index (κ2) is 9.07. The predicted octanol–water partition coefficient (Wildman–Crippen LogP) is 6.67. The molecule has 0 saturated carbocycles. The first-order valence-electron chi connectivity index (χ1n) is 10.5. The molecule has 5 heteroatoms. The normalized spacial score (nSPS) is 24.3. The van der Waals surface area contributed by atoms with Crippen molar-refractivity contribution in [3.05, 3.63) is 77.8 Å². The molecule has 0 radical (unpaired) electrons. The Kier molecular flexibility index (Phi) is 6.26. The van der Waals surface area contributed by atoms with Crippen LogP contribution in [0.2, 0.25) is 0 Å². The number of piperidine rings is 1. The van der Waals surface area contributed by atoms with Crippen LogP contribution in [-0.2, 0) is 4.74 Å². The van der Waals surface area contributed by atoms with E-state index in [4.69, 9.17) is 16.3 Å². The third kappa shape index (κ3) is 4.42. The highest BCUT2D eigenvalue weighted by Gasteiger charge is 2.30. The fraction of sp³-hybridized carbons (Fsp3) is 0.417. The number of fused-ring (bicyclic) bond motifs is 3. The predicted molar refractivity (Wildman–Crippen MR) is 127 cm³/mol. The molecule has 0 atom stereocenters. The Morgan fingerprint density at radius 2 is 2.00 bits per heavy atom. The van der Waals surface area contributed by atoms with Crippen LogP contribution in [0.4, 0.5) is 0 Å². The van der Waals surface area contributed by atoms with Gasteiger partial charge in [-0.25, -0.2) is 0 Å². The van der Waals surface area contributed by atoms with E-state index >= 15 is 0 Å². The number of nitrogens with zero attached hydrogens (tertiary/aromatic N) is 1. The Morgan fingerprint density at radius 3 is 2.90 bits per heavy atom. The number of allylic oxidation sites excluding steroid dienone is 10. The Balaban J connectivity index is 1.26. The lowest BCUT2D eigenvalue weighted by molar-refractivity contribution is 0.113. The average Bonchev–Trinajstić information content (AvgIpc) is 3.00. The smallest absolute Gasteiger partial charge is 0.0776 e. The van der Waals surface area contributed by atoms with Crippen LogP contribution in [0, 0.1) is 0 Å². The van der Waals surface area contributed by atoms with Crippen LogP contribution in [0.5, 0.6) is 0 Å². The second-order valence-corrected chi connectivity index (χ2v) is 10.5. The number of hydrogen-bond donors (Lipinski definition) is 0. The van der Waals surface area contributed by atoms with Crippen LogP contribution in [0.3, 0.4) is 0 Å². The zero-order chi connectivity index (χ0) is 19.6. The summed E-state index contributed by atoms with van der Waals surface area (Å²) in [5, 5.41) is 2.89. The lowest BCUT2D eigenvalue weighted by Gasteiger charge is -2.26. The van der Waals surface area contributed by atoms with Crippen molar-refractivity contribution < 1.29 is 4.74 Å². The summed E-state index contributed by atoms with van der Waals surface area (Å²) in [5.74, 6) is 0. The van der Waals surface area contributed by atoms with Gasteiger partial charge >= 0.3 is 0 Å². The zero-order valence-corrected chi connectivity index (χ0v) is 19.0. The van der Waals surface area contributed by atoms with E-state index in [-0.39, 0.29) is 0 Å². The summed E-state index contributed by atoms with van der Waals surface area (Å²) < 4.78 is 6.07. The van der Waals surface area contributed by atoms with Crippen LogP contribution < -0.4 is 0 Å². The van der Waals surface area contributed by atoms with Crippen molar-refractivity contribution >= 4 is 35.1 Å². The number of rotatable bonds is 5. The highest BCUT2D eigenvalue weighted by Crippen LogP contribution is 2.53. The Labute approximate surface area is 187 Å². The van der Waals surface area contributed by atoms with Gasteiger partial charge in [-0.05, 0) is 66.1 Å². The Hall–Kier alpha value is -0.910. The van der Waals surface area contributed by atoms with Crippen molar-refractivity contribution in [3.8, 4) is 0 Å². The fourth-order valence-electron chi connectivity index (χ4n) is 4.48. The van der Waals surface area contributed by atoms with Crippen molar-refractivity contribution in [2.24, 2.45) is 0 Å². The highest BCUT2D eigenvalue weighted by molar-refractivity contribution is 8.07. The first-order valence-corrected chi connectivity index (χ1v) is 12.6. The molecule has 5 aliphatic rings. The van der Waals surface area contributed by atoms with Crippen LogP contribution in [0.25, 0.3) is 0 Å². The molecule has 152 valence electrons. The number of likely N-dealkylation sites (tertiary alicyclic amines) is 1. The molecule has 29 heavy (non-hydrogen) atoms. The van der Waals surface area contributed by atoms with Gasteiger partial charge in [0.15, 0.2) is 0 Å². The zero-order valence-electron chi connectivity index (χ0n) is 16.6. The topological polar surface area (TPSA) is 12.5 Å². The molecule has 5 rings (SSSR count). The van der Waals surface area contributed by atoms with Gasteiger partial charge in [-0.1, -0.05) is 65.8 Å². The maximum atomic E-state index is 6.26. The van der Waals surface area contributed by atoms with Gasteiger partial charge in [0, 0.05) is 32.7 Å². The molecule has 0 N–H and O–H groups in total. The summed E-state index contributed by atoms with van der Waals surface area (Å²) in [5.41, 5.74) is 5.63. The van der Waals surface area contributed by atoms with Gasteiger partial charge in [0.1, 0.15) is 0 Å². The summed E-state index contributed by atoms with van der Waals surface area (Å²) >= 11 is 9.94. The third-order valence-electron chi connectivity index (χ3n) is 5.98. The van der Waals surface area contributed by atoms with Gasteiger partial charge in [0.05, 0.1) is 13.2 Å². The monoisotopic (exact) mass is 443 g/mol. The van der Waals surface area contributed by atoms with Gasteiger partial charge in [-0.15, -0.1) is 0 Å². The largest absolute Gasteiger partial charge is 0.375 e. The minimum atomic E-state index is 0.729. The minimum absolute atomic E-state index is 0.729. The van der Waals surface area contributed by atoms with Gasteiger partial charge in [-0.2, -0.15) is 0 Å². The van der Waals surface area contributed by atoms with Crippen LogP contribution in [-0.4, -0.2) is 37.7 Å². The van der Waals surface area contributed by atoms with E-state index in [1.165, 1.54) is 69.4 Å². The molecule has 3 heterocycles. The maximum Gasteiger partial charge on any atom is 0.0776 e. The van der Waals surface area contributed by atoms with Crippen molar-refractivity contribution in [1.29, 1.82) is 0 Å². The standard InChI is InChI=1S/C24H26ClNOS2/c25-19-13-18-14-22-21(23(18)28-16-19)6-4-5-17-7-8-20(29-24(17)22)15-27-12-11-26-9-2-1-3-10-26/h4-6,8,13,16H,1-3,7,9-12,14-15H2. The summed E-state index contributed by atoms with van der Waals surface area (Å²) in [6.45, 7) is 5.10. The molecule has 3 aliphatic heterocycles. The molecule has 0 amide bonds. The van der Waals surface area contributed by atoms with E-state index in [9.17, 15) is 0 Å². The lowest BCUT2D eigenvalue weighted by atomic mass is 10.0. The summed E-state index contributed by atoms with van der Waals surface area (Å²) in [6, 6.07) is 0. The summed E-state index contributed by atoms with van der Waals surface area (Å²) in [6.07, 6.45) is 17.3. The van der Waals surface area contributed by atoms with Crippen LogP contribution in [0.15, 0.2) is 77.8 Å². The van der Waals surface area contributed by atoms with Gasteiger partial charge in [0.2, 0.25) is 0 Å². The quantitative estimate of drug-likeness (QED) is 0.439. The molecule has 0 spiro atoms. The summed E-state index contributed by atoms with van der Waals surface area (Å²) in [4.78, 5) is 6.69. The van der Waals surface area contributed by atoms with E-state index in [1.54, 1.807) is 11.8 Å². The summed E-state index contributed by atoms with van der Waals surface area (Å²) in [7, 11) is 0. The molecular weight excluding hydrogens is 418 g/mol. The fourth-order valence-corrected chi connectivity index (χ4v) is 6.80. The lowest BCUT2D eigenvalue weighted by Crippen LogP contribution is -2.32. The molecule has 1 fully saturated rings. The molecule has 0 aromatic carbocycles. The Bertz CT molecular complexity index is 913. The van der Waals surface area contributed by atoms with E-state index in [0.717, 1.165) is 37.6 Å². The molecular formula is C24H26ClNOS2. The van der Waals surface area contributed by atoms with Crippen molar-refractivity contribution in [3.63, 3.8) is 0 Å². The van der Waals surface area contributed by atoms with Crippen LogP contribution in [0.1, 0.15) is 32.1 Å². The Morgan fingerprint density at radius 1 is 1.10 bits per heavy atom. The number of halogens is 1. The molecule has 0 aromatic heterocycles. The first-order chi connectivity index (χ1) is 14.3. The minimum Gasteiger partial charge on any atom is -0.375 e.